The quantitative estimate of drug-likeness (QED) is 0.0172. The topological polar surface area (TPSA) is 672 Å². The number of unbranched alkanes of at least 4 members (excludes halogenated alkanes) is 4. The van der Waals surface area contributed by atoms with E-state index in [0.717, 1.165) is 62.3 Å². The van der Waals surface area contributed by atoms with Crippen molar-refractivity contribution in [2.24, 2.45) is 10.8 Å². The fraction of sp³-hybridized carbons (Fsp3) is 0.785. The normalized spacial score (nSPS) is 22.5. The van der Waals surface area contributed by atoms with E-state index in [0.29, 0.717) is 90.1 Å². The Morgan fingerprint density at radius 2 is 0.569 bits per heavy atom. The van der Waals surface area contributed by atoms with E-state index in [1.807, 2.05) is 0 Å². The SMILES string of the molecule is CC(=O)NC1C(OCCCCC(=O)NCCCNC(=O)CCOCC(COCCC(=O)NCCCNC(=O)CCCCOC2OC(COC(C)=O)C(OC(C)=O)C(OC(C)=O)C2NC(C)=O)(COCCC(=O)NCCCNC(=O)CCCCOC2OC(COC(C)=O)C(OC(C)=O)C(OC(C)=O)C2NC(C)=O)NC(=O)CCCCC(=O)N2CC3(C2)CC(CO)(CO)C3)OC(COC(C)=O)C(OC(C)=O)C1OC(C)=O. The van der Waals surface area contributed by atoms with Crippen molar-refractivity contribution in [3.63, 3.8) is 0 Å². The van der Waals surface area contributed by atoms with Gasteiger partial charge < -0.3 is 154 Å². The summed E-state index contributed by atoms with van der Waals surface area (Å²) in [7, 11) is 0. The van der Waals surface area contributed by atoms with Crippen molar-refractivity contribution in [3.8, 4) is 0 Å². The summed E-state index contributed by atoms with van der Waals surface area (Å²) in [6.45, 7) is 12.2. The first kappa shape index (κ1) is 123. The third kappa shape index (κ3) is 47.4. The Hall–Kier alpha value is -11.0. The number of ether oxygens (including phenoxy) is 18. The van der Waals surface area contributed by atoms with Gasteiger partial charge in [0.1, 0.15) is 61.8 Å². The number of carbonyl (C=O) groups is 20. The van der Waals surface area contributed by atoms with Crippen molar-refractivity contribution >= 4 is 119 Å². The lowest BCUT2D eigenvalue weighted by atomic mass is 9.50. The minimum Gasteiger partial charge on any atom is -0.463 e. The van der Waals surface area contributed by atoms with Gasteiger partial charge >= 0.3 is 53.7 Å². The lowest BCUT2D eigenvalue weighted by Gasteiger charge is -2.63. The Balaban J connectivity index is 1.18. The molecule has 15 atom stereocenters. The van der Waals surface area contributed by atoms with Crippen LogP contribution in [0.4, 0.5) is 0 Å². The largest absolute Gasteiger partial charge is 0.463 e. The third-order valence-corrected chi connectivity index (χ3v) is 23.0. The van der Waals surface area contributed by atoms with Gasteiger partial charge in [-0.3, -0.25) is 95.9 Å². The monoisotopic (exact) mass is 2060 g/mol. The minimum absolute atomic E-state index is 0.0259. The molecule has 0 aromatic heterocycles. The van der Waals surface area contributed by atoms with Crippen molar-refractivity contribution in [1.82, 2.24) is 58.1 Å². The van der Waals surface area contributed by atoms with E-state index in [1.165, 1.54) is 20.8 Å². The zero-order valence-corrected chi connectivity index (χ0v) is 84.4. The first-order valence-corrected chi connectivity index (χ1v) is 48.6. The predicted molar refractivity (Wildman–Crippen MR) is 494 cm³/mol. The standard InChI is InChI=1S/C93H149N11O40/c1-56(107)100-79-85(139-65(10)116)82(136-62(7)113)68(44-133-59(4)110)142-88(79)130-38-18-15-24-71(119)94-32-21-35-97-74(122)29-41-127-53-93(103-77(125)27-13-14-28-78(126)104-49-91(50-104)47-92(48-91,51-105)52-106,54-128-42-30-75(123)98-36-22-33-95-72(120)25-16-19-39-131-89-80(101-57(2)108)86(140-66(11)117)83(137-63(8)114)69(143-89)45-134-60(5)111)55-129-43-31-76(124)99-37-23-34-96-73(121)26-17-20-40-132-90-81(102-58(3)109)87(141-67(12)118)84(138-64(9)115)70(144-90)46-135-61(6)112/h68-70,79-90,105-106H,13-55H2,1-12H3,(H,94,119)(H,95,120)(H,96,121)(H,97,122)(H,98,123)(H,99,124)(H,100,107)(H,101,108)(H,102,109)(H,103,125). The predicted octanol–water partition coefficient (Wildman–Crippen LogP) is -2.39. The molecule has 51 heteroatoms. The number of hydrogen-bond acceptors (Lipinski definition) is 40. The molecule has 11 amide bonds. The van der Waals surface area contributed by atoms with E-state index >= 15 is 0 Å². The number of esters is 9. The van der Waals surface area contributed by atoms with Gasteiger partial charge in [-0.25, -0.2) is 0 Å². The Labute approximate surface area is 835 Å². The summed E-state index contributed by atoms with van der Waals surface area (Å²) in [4.78, 5) is 254. The molecule has 4 aliphatic heterocycles. The number of nitrogens with one attached hydrogen (secondary N) is 10. The number of carbonyl (C=O) groups excluding carboxylic acids is 20. The third-order valence-electron chi connectivity index (χ3n) is 23.0. The zero-order valence-electron chi connectivity index (χ0n) is 84.4. The molecule has 5 aliphatic rings. The van der Waals surface area contributed by atoms with E-state index < -0.39 is 218 Å². The fourth-order valence-corrected chi connectivity index (χ4v) is 16.8. The molecule has 0 aromatic carbocycles. The summed E-state index contributed by atoms with van der Waals surface area (Å²) in [6, 6.07) is -3.55. The van der Waals surface area contributed by atoms with Crippen LogP contribution in [0, 0.1) is 10.8 Å². The van der Waals surface area contributed by atoms with Crippen LogP contribution in [0.1, 0.15) is 218 Å². The summed E-state index contributed by atoms with van der Waals surface area (Å²) in [5, 5.41) is 47.3. The molecule has 4 heterocycles. The van der Waals surface area contributed by atoms with Crippen LogP contribution in [0.15, 0.2) is 0 Å². The number of hydrogen-bond donors (Lipinski definition) is 12. The molecule has 15 unspecified atom stereocenters. The van der Waals surface area contributed by atoms with Crippen LogP contribution in [0.2, 0.25) is 0 Å². The second-order valence-corrected chi connectivity index (χ2v) is 36.2. The summed E-state index contributed by atoms with van der Waals surface area (Å²) in [5.74, 6) is -11.3. The molecule has 0 bridgehead atoms. The van der Waals surface area contributed by atoms with Crippen LogP contribution in [0.25, 0.3) is 0 Å². The van der Waals surface area contributed by atoms with Gasteiger partial charge in [-0.15, -0.1) is 0 Å². The average molecular weight is 2060 g/mol. The molecule has 144 heavy (non-hydrogen) atoms. The second kappa shape index (κ2) is 65.4. The smallest absolute Gasteiger partial charge is 0.303 e. The molecule has 4 saturated heterocycles. The number of likely N-dealkylation sites (tertiary alicyclic amines) is 1. The molecule has 0 aromatic rings. The molecule has 51 nitrogen and oxygen atoms in total. The first-order valence-electron chi connectivity index (χ1n) is 48.6. The Morgan fingerprint density at radius 3 is 0.833 bits per heavy atom. The number of rotatable bonds is 68. The molecule has 816 valence electrons. The van der Waals surface area contributed by atoms with Crippen molar-refractivity contribution in [1.29, 1.82) is 0 Å². The van der Waals surface area contributed by atoms with Gasteiger partial charge in [-0.2, -0.15) is 0 Å². The summed E-state index contributed by atoms with van der Waals surface area (Å²) in [6.07, 6.45) is -11.2. The van der Waals surface area contributed by atoms with Crippen molar-refractivity contribution in [2.45, 2.75) is 315 Å². The van der Waals surface area contributed by atoms with Gasteiger partial charge in [-0.05, 0) is 83.5 Å². The Kier molecular flexibility index (Phi) is 56.1. The lowest BCUT2D eigenvalue weighted by molar-refractivity contribution is -0.277. The molecule has 5 fully saturated rings. The number of nitrogens with zero attached hydrogens (tertiary/aromatic N) is 1. The Morgan fingerprint density at radius 1 is 0.312 bits per heavy atom. The van der Waals surface area contributed by atoms with Crippen LogP contribution in [-0.2, 0) is 181 Å². The summed E-state index contributed by atoms with van der Waals surface area (Å²) >= 11 is 0. The van der Waals surface area contributed by atoms with Gasteiger partial charge in [0.25, 0.3) is 0 Å². The van der Waals surface area contributed by atoms with Crippen LogP contribution >= 0.6 is 0 Å². The van der Waals surface area contributed by atoms with Crippen molar-refractivity contribution in [2.75, 3.05) is 145 Å². The maximum absolute atomic E-state index is 14.2. The minimum atomic E-state index is -1.56. The van der Waals surface area contributed by atoms with E-state index in [9.17, 15) is 106 Å². The second-order valence-electron chi connectivity index (χ2n) is 36.2. The van der Waals surface area contributed by atoms with Crippen molar-refractivity contribution < 1.29 is 191 Å². The van der Waals surface area contributed by atoms with E-state index in [-0.39, 0.29) is 199 Å². The van der Waals surface area contributed by atoms with Crippen LogP contribution in [0.5, 0.6) is 0 Å². The molecule has 0 radical (unpaired) electrons. The molecule has 5 rings (SSSR count). The van der Waals surface area contributed by atoms with Crippen LogP contribution in [0.3, 0.4) is 0 Å². The maximum Gasteiger partial charge on any atom is 0.303 e. The zero-order chi connectivity index (χ0) is 106. The van der Waals surface area contributed by atoms with Gasteiger partial charge in [-0.1, -0.05) is 0 Å². The number of amides is 11. The molecular weight excluding hydrogens is 1910 g/mol. The highest BCUT2D eigenvalue weighted by atomic mass is 16.7. The van der Waals surface area contributed by atoms with Gasteiger partial charge in [0, 0.05) is 217 Å². The lowest BCUT2D eigenvalue weighted by Crippen LogP contribution is -2.68. The van der Waals surface area contributed by atoms with Crippen molar-refractivity contribution in [3.05, 3.63) is 0 Å². The van der Waals surface area contributed by atoms with Crippen LogP contribution < -0.4 is 53.2 Å². The Bertz CT molecular complexity index is 3840. The van der Waals surface area contributed by atoms with E-state index in [2.05, 4.69) is 53.2 Å². The highest BCUT2D eigenvalue weighted by molar-refractivity contribution is 5.81. The molecule has 1 aliphatic carbocycles. The fourth-order valence-electron chi connectivity index (χ4n) is 16.8. The number of aliphatic hydroxyl groups is 2. The van der Waals surface area contributed by atoms with Crippen LogP contribution in [-0.4, -0.2) is 376 Å². The highest BCUT2D eigenvalue weighted by Crippen LogP contribution is 2.58. The van der Waals surface area contributed by atoms with Gasteiger partial charge in [0.15, 0.2) is 55.5 Å². The molecule has 1 saturated carbocycles. The molecule has 12 N–H and O–H groups in total. The summed E-state index contributed by atoms with van der Waals surface area (Å²) < 4.78 is 103. The maximum atomic E-state index is 14.2. The van der Waals surface area contributed by atoms with E-state index in [1.54, 1.807) is 4.90 Å². The van der Waals surface area contributed by atoms with Gasteiger partial charge in [0.05, 0.1) is 52.9 Å². The number of aliphatic hydroxyl groups excluding tert-OH is 2. The molecule has 1 spiro atoms. The molecular formula is C93H149N11O40. The summed E-state index contributed by atoms with van der Waals surface area (Å²) in [5.41, 5.74) is -2.28. The van der Waals surface area contributed by atoms with E-state index in [4.69, 9.17) is 85.3 Å². The highest BCUT2D eigenvalue weighted by Gasteiger charge is 2.61. The first-order chi connectivity index (χ1) is 68.4. The average Bonchev–Trinajstić information content (AvgIpc) is 0.713. The van der Waals surface area contributed by atoms with Gasteiger partial charge in [0.2, 0.25) is 65.0 Å².